The van der Waals surface area contributed by atoms with E-state index in [2.05, 4.69) is 12.1 Å². The van der Waals surface area contributed by atoms with Gasteiger partial charge in [-0.15, -0.1) is 0 Å². The van der Waals surface area contributed by atoms with Crippen LogP contribution < -0.4 is 4.74 Å². The highest BCUT2D eigenvalue weighted by atomic mass is 16.5. The third kappa shape index (κ3) is 3.02. The standard InChI is InChI=1S/C17H12N2O2/c1-21-15-8-4-13(5-9-15)17(11-19)16(10-18)12-2-6-14(20)7-3-12/h2-9,20H,1H3. The van der Waals surface area contributed by atoms with E-state index in [1.807, 2.05) is 0 Å². The van der Waals surface area contributed by atoms with Crippen LogP contribution in [0, 0.1) is 22.7 Å². The molecule has 0 unspecified atom stereocenters. The van der Waals surface area contributed by atoms with Gasteiger partial charge in [-0.05, 0) is 59.7 Å². The van der Waals surface area contributed by atoms with E-state index in [4.69, 9.17) is 4.74 Å². The van der Waals surface area contributed by atoms with Crippen molar-refractivity contribution >= 4 is 11.1 Å². The number of methoxy groups -OCH3 is 1. The average molecular weight is 276 g/mol. The molecular weight excluding hydrogens is 264 g/mol. The molecule has 0 bridgehead atoms. The summed E-state index contributed by atoms with van der Waals surface area (Å²) in [5.74, 6) is 0.790. The van der Waals surface area contributed by atoms with E-state index in [0.29, 0.717) is 16.9 Å². The second kappa shape index (κ2) is 6.27. The molecule has 4 heteroatoms. The van der Waals surface area contributed by atoms with Gasteiger partial charge in [-0.3, -0.25) is 0 Å². The molecule has 0 saturated heterocycles. The van der Waals surface area contributed by atoms with E-state index in [9.17, 15) is 15.6 Å². The van der Waals surface area contributed by atoms with Crippen LogP contribution in [-0.2, 0) is 0 Å². The van der Waals surface area contributed by atoms with Crippen LogP contribution in [0.4, 0.5) is 0 Å². The molecule has 0 heterocycles. The van der Waals surface area contributed by atoms with Crippen molar-refractivity contribution in [2.75, 3.05) is 7.11 Å². The van der Waals surface area contributed by atoms with Crippen LogP contribution in [0.1, 0.15) is 11.1 Å². The predicted molar refractivity (Wildman–Crippen MR) is 79.1 cm³/mol. The van der Waals surface area contributed by atoms with Crippen molar-refractivity contribution in [1.82, 2.24) is 0 Å². The van der Waals surface area contributed by atoms with Crippen LogP contribution in [0.3, 0.4) is 0 Å². The fourth-order valence-electron chi connectivity index (χ4n) is 1.92. The number of benzene rings is 2. The third-order valence-electron chi connectivity index (χ3n) is 3.01. The molecule has 0 saturated carbocycles. The molecule has 102 valence electrons. The highest BCUT2D eigenvalue weighted by molar-refractivity contribution is 6.02. The Balaban J connectivity index is 2.56. The van der Waals surface area contributed by atoms with E-state index in [0.717, 1.165) is 0 Å². The molecule has 0 spiro atoms. The van der Waals surface area contributed by atoms with Crippen LogP contribution >= 0.6 is 0 Å². The number of hydrogen-bond acceptors (Lipinski definition) is 4. The second-order valence-corrected chi connectivity index (χ2v) is 4.25. The van der Waals surface area contributed by atoms with Gasteiger partial charge >= 0.3 is 0 Å². The quantitative estimate of drug-likeness (QED) is 0.688. The largest absolute Gasteiger partial charge is 0.508 e. The lowest BCUT2D eigenvalue weighted by Gasteiger charge is -2.06. The molecule has 0 aliphatic heterocycles. The fraction of sp³-hybridized carbons (Fsp3) is 0.0588. The normalized spacial score (nSPS) is 11.0. The zero-order valence-electron chi connectivity index (χ0n) is 11.4. The van der Waals surface area contributed by atoms with Gasteiger partial charge < -0.3 is 9.84 Å². The van der Waals surface area contributed by atoms with Crippen molar-refractivity contribution in [1.29, 1.82) is 10.5 Å². The van der Waals surface area contributed by atoms with E-state index >= 15 is 0 Å². The summed E-state index contributed by atoms with van der Waals surface area (Å²) in [5, 5.41) is 28.1. The highest BCUT2D eigenvalue weighted by Gasteiger charge is 2.11. The summed E-state index contributed by atoms with van der Waals surface area (Å²) >= 11 is 0. The predicted octanol–water partition coefficient (Wildman–Crippen LogP) is 3.36. The first-order valence-electron chi connectivity index (χ1n) is 6.18. The van der Waals surface area contributed by atoms with Gasteiger partial charge in [0.1, 0.15) is 23.6 Å². The lowest BCUT2D eigenvalue weighted by Crippen LogP contribution is -1.90. The molecule has 21 heavy (non-hydrogen) atoms. The van der Waals surface area contributed by atoms with Crippen LogP contribution in [0.15, 0.2) is 48.5 Å². The van der Waals surface area contributed by atoms with Crippen LogP contribution in [0.5, 0.6) is 11.5 Å². The minimum atomic E-state index is 0.110. The Labute approximate surface area is 122 Å². The highest BCUT2D eigenvalue weighted by Crippen LogP contribution is 2.27. The Hall–Kier alpha value is -3.24. The molecule has 4 nitrogen and oxygen atoms in total. The summed E-state index contributed by atoms with van der Waals surface area (Å²) in [6.45, 7) is 0. The van der Waals surface area contributed by atoms with E-state index in [1.165, 1.54) is 12.1 Å². The molecule has 2 aromatic rings. The molecule has 0 amide bonds. The van der Waals surface area contributed by atoms with Gasteiger partial charge in [0.25, 0.3) is 0 Å². The van der Waals surface area contributed by atoms with E-state index < -0.39 is 0 Å². The molecule has 0 fully saturated rings. The number of phenolic OH excluding ortho intramolecular Hbond substituents is 1. The summed E-state index contributed by atoms with van der Waals surface area (Å²) < 4.78 is 5.08. The molecular formula is C17H12N2O2. The third-order valence-corrected chi connectivity index (χ3v) is 3.01. The van der Waals surface area contributed by atoms with Crippen molar-refractivity contribution in [3.8, 4) is 23.6 Å². The number of allylic oxidation sites excluding steroid dienone is 2. The van der Waals surface area contributed by atoms with Gasteiger partial charge in [0.05, 0.1) is 18.3 Å². The summed E-state index contributed by atoms with van der Waals surface area (Å²) in [6.07, 6.45) is 0. The Kier molecular flexibility index (Phi) is 4.23. The molecule has 2 aromatic carbocycles. The maximum absolute atomic E-state index is 9.38. The van der Waals surface area contributed by atoms with E-state index in [1.54, 1.807) is 43.5 Å². The molecule has 0 radical (unpaired) electrons. The van der Waals surface area contributed by atoms with Gasteiger partial charge in [-0.25, -0.2) is 0 Å². The van der Waals surface area contributed by atoms with Gasteiger partial charge in [-0.1, -0.05) is 0 Å². The lowest BCUT2D eigenvalue weighted by molar-refractivity contribution is 0.415. The van der Waals surface area contributed by atoms with Gasteiger partial charge in [0, 0.05) is 0 Å². The number of ether oxygens (including phenoxy) is 1. The number of phenols is 1. The average Bonchev–Trinajstić information content (AvgIpc) is 2.54. The SMILES string of the molecule is COc1ccc(C(C#N)=C(C#N)c2ccc(O)cc2)cc1. The summed E-state index contributed by atoms with van der Waals surface area (Å²) in [5.41, 5.74) is 1.78. The number of nitriles is 2. The fourth-order valence-corrected chi connectivity index (χ4v) is 1.92. The van der Waals surface area contributed by atoms with Crippen LogP contribution in [0.25, 0.3) is 11.1 Å². The molecule has 0 aliphatic rings. The molecule has 0 aromatic heterocycles. The lowest BCUT2D eigenvalue weighted by atomic mass is 9.96. The maximum atomic E-state index is 9.38. The van der Waals surface area contributed by atoms with Crippen molar-refractivity contribution in [2.45, 2.75) is 0 Å². The number of hydrogen-bond donors (Lipinski definition) is 1. The zero-order chi connectivity index (χ0) is 15.2. The Morgan fingerprint density at radius 3 is 1.67 bits per heavy atom. The monoisotopic (exact) mass is 276 g/mol. The molecule has 0 aliphatic carbocycles. The minimum absolute atomic E-state index is 0.110. The first-order chi connectivity index (χ1) is 10.2. The Bertz CT molecular complexity index is 745. The van der Waals surface area contributed by atoms with Crippen molar-refractivity contribution in [3.05, 3.63) is 59.7 Å². The van der Waals surface area contributed by atoms with Crippen LogP contribution in [-0.4, -0.2) is 12.2 Å². The van der Waals surface area contributed by atoms with Gasteiger partial charge in [-0.2, -0.15) is 10.5 Å². The molecule has 1 N–H and O–H groups in total. The summed E-state index contributed by atoms with van der Waals surface area (Å²) in [7, 11) is 1.56. The maximum Gasteiger partial charge on any atom is 0.118 e. The van der Waals surface area contributed by atoms with Crippen molar-refractivity contribution in [2.24, 2.45) is 0 Å². The second-order valence-electron chi connectivity index (χ2n) is 4.25. The number of nitrogens with zero attached hydrogens (tertiary/aromatic N) is 2. The van der Waals surface area contributed by atoms with E-state index in [-0.39, 0.29) is 16.9 Å². The number of aromatic hydroxyl groups is 1. The number of rotatable bonds is 3. The zero-order valence-corrected chi connectivity index (χ0v) is 11.4. The smallest absolute Gasteiger partial charge is 0.118 e. The summed E-state index contributed by atoms with van der Waals surface area (Å²) in [4.78, 5) is 0. The first kappa shape index (κ1) is 14.2. The Morgan fingerprint density at radius 2 is 1.29 bits per heavy atom. The van der Waals surface area contributed by atoms with Crippen LogP contribution in [0.2, 0.25) is 0 Å². The van der Waals surface area contributed by atoms with Crippen molar-refractivity contribution in [3.63, 3.8) is 0 Å². The molecule has 0 atom stereocenters. The minimum Gasteiger partial charge on any atom is -0.508 e. The van der Waals surface area contributed by atoms with Gasteiger partial charge in [0.2, 0.25) is 0 Å². The van der Waals surface area contributed by atoms with Crippen molar-refractivity contribution < 1.29 is 9.84 Å². The van der Waals surface area contributed by atoms with Gasteiger partial charge in [0.15, 0.2) is 0 Å². The first-order valence-corrected chi connectivity index (χ1v) is 6.18. The Morgan fingerprint density at radius 1 is 0.857 bits per heavy atom. The summed E-state index contributed by atoms with van der Waals surface area (Å²) in [6, 6.07) is 17.2. The topological polar surface area (TPSA) is 77.0 Å². The molecule has 2 rings (SSSR count).